The average Bonchev–Trinajstić information content (AvgIpc) is 3.40. The number of carbonyl (C=O) groups excluding carboxylic acids is 1. The Morgan fingerprint density at radius 2 is 1.78 bits per heavy atom. The first-order chi connectivity index (χ1) is 17.3. The standard InChI is InChI=1S/C23H16F6N6O2/c1-21(11-2-4-12(24)5-3-11)15-17(34-20(21)37)32-16(33-19(15)36)14-10-35-9-8-30-18(35)13(31-14)6-7-22(25,26)23(27,28)29/h2-5,8-10H,6-7H2,1H3,(H2,32,33,34,36,37). The molecule has 14 heteroatoms. The summed E-state index contributed by atoms with van der Waals surface area (Å²) >= 11 is 0. The van der Waals surface area contributed by atoms with Gasteiger partial charge >= 0.3 is 12.1 Å². The Hall–Kier alpha value is -4.23. The van der Waals surface area contributed by atoms with Crippen molar-refractivity contribution in [2.24, 2.45) is 0 Å². The molecule has 0 bridgehead atoms. The zero-order chi connectivity index (χ0) is 26.8. The Labute approximate surface area is 204 Å². The number of aromatic nitrogens is 5. The molecule has 0 fully saturated rings. The minimum atomic E-state index is -5.72. The SMILES string of the molecule is CC1(c2ccc(F)cc2)C(=O)Nc2nc(-c3cn4ccnc4c(CCC(F)(F)C(F)(F)F)n3)nc(O)c21. The molecule has 0 saturated carbocycles. The molecular weight excluding hydrogens is 506 g/mol. The van der Waals surface area contributed by atoms with Crippen LogP contribution in [0.15, 0.2) is 42.9 Å². The quantitative estimate of drug-likeness (QED) is 0.376. The van der Waals surface area contributed by atoms with Gasteiger partial charge in [-0.2, -0.15) is 26.9 Å². The van der Waals surface area contributed by atoms with Crippen LogP contribution in [0.25, 0.3) is 17.2 Å². The number of nitrogens with one attached hydrogen (secondary N) is 1. The van der Waals surface area contributed by atoms with Gasteiger partial charge in [0.25, 0.3) is 0 Å². The Bertz CT molecular complexity index is 1540. The lowest BCUT2D eigenvalue weighted by Gasteiger charge is -2.22. The van der Waals surface area contributed by atoms with Crippen LogP contribution >= 0.6 is 0 Å². The number of rotatable bonds is 5. The molecule has 37 heavy (non-hydrogen) atoms. The lowest BCUT2D eigenvalue weighted by molar-refractivity contribution is -0.284. The molecule has 1 aliphatic heterocycles. The molecule has 1 atom stereocenters. The van der Waals surface area contributed by atoms with E-state index < -0.39 is 48.0 Å². The van der Waals surface area contributed by atoms with E-state index in [-0.39, 0.29) is 34.2 Å². The Morgan fingerprint density at radius 1 is 1.08 bits per heavy atom. The second-order valence-corrected chi connectivity index (χ2v) is 8.61. The molecule has 2 N–H and O–H groups in total. The predicted octanol–water partition coefficient (Wildman–Crippen LogP) is 4.42. The highest BCUT2D eigenvalue weighted by atomic mass is 19.4. The molecule has 0 saturated heterocycles. The first-order valence-corrected chi connectivity index (χ1v) is 10.8. The number of aryl methyl sites for hydroxylation is 1. The molecule has 0 radical (unpaired) electrons. The number of alkyl halides is 5. The van der Waals surface area contributed by atoms with Gasteiger partial charge in [0.15, 0.2) is 11.5 Å². The van der Waals surface area contributed by atoms with Crippen molar-refractivity contribution in [1.82, 2.24) is 24.3 Å². The highest BCUT2D eigenvalue weighted by Gasteiger charge is 2.56. The van der Waals surface area contributed by atoms with E-state index in [0.29, 0.717) is 5.56 Å². The van der Waals surface area contributed by atoms with E-state index in [1.807, 2.05) is 0 Å². The average molecular weight is 522 g/mol. The van der Waals surface area contributed by atoms with Gasteiger partial charge in [-0.3, -0.25) is 4.79 Å². The lowest BCUT2D eigenvalue weighted by Crippen LogP contribution is -2.36. The number of aromatic hydroxyl groups is 1. The summed E-state index contributed by atoms with van der Waals surface area (Å²) in [5.41, 5.74) is -1.25. The normalized spacial score (nSPS) is 17.8. The van der Waals surface area contributed by atoms with E-state index in [0.717, 1.165) is 12.1 Å². The van der Waals surface area contributed by atoms with Crippen LogP contribution in [0, 0.1) is 5.82 Å². The number of carbonyl (C=O) groups is 1. The van der Waals surface area contributed by atoms with Crippen molar-refractivity contribution < 1.29 is 36.2 Å². The van der Waals surface area contributed by atoms with Crippen molar-refractivity contribution in [3.05, 3.63) is 65.5 Å². The van der Waals surface area contributed by atoms with Gasteiger partial charge in [-0.15, -0.1) is 0 Å². The molecule has 0 aliphatic carbocycles. The Morgan fingerprint density at radius 3 is 2.46 bits per heavy atom. The van der Waals surface area contributed by atoms with E-state index in [1.54, 1.807) is 0 Å². The number of anilines is 1. The van der Waals surface area contributed by atoms with Crippen LogP contribution in [-0.4, -0.2) is 47.4 Å². The number of amides is 1. The Balaban J connectivity index is 1.57. The Kier molecular flexibility index (Phi) is 5.39. The smallest absolute Gasteiger partial charge is 0.453 e. The van der Waals surface area contributed by atoms with E-state index in [9.17, 15) is 36.2 Å². The number of nitrogens with zero attached hydrogens (tertiary/aromatic N) is 5. The van der Waals surface area contributed by atoms with Crippen molar-refractivity contribution >= 4 is 17.4 Å². The fourth-order valence-corrected chi connectivity index (χ4v) is 4.21. The molecule has 5 rings (SSSR count). The second-order valence-electron chi connectivity index (χ2n) is 8.61. The maximum absolute atomic E-state index is 13.5. The van der Waals surface area contributed by atoms with Crippen LogP contribution in [0.5, 0.6) is 5.88 Å². The van der Waals surface area contributed by atoms with Crippen LogP contribution in [0.3, 0.4) is 0 Å². The molecule has 1 amide bonds. The topological polar surface area (TPSA) is 105 Å². The minimum absolute atomic E-state index is 0.0293. The summed E-state index contributed by atoms with van der Waals surface area (Å²) in [6.45, 7) is 1.50. The lowest BCUT2D eigenvalue weighted by atomic mass is 9.78. The summed E-state index contributed by atoms with van der Waals surface area (Å²) in [6.07, 6.45) is -3.96. The fourth-order valence-electron chi connectivity index (χ4n) is 4.21. The van der Waals surface area contributed by atoms with Gasteiger partial charge in [-0.1, -0.05) is 12.1 Å². The first-order valence-electron chi connectivity index (χ1n) is 10.8. The largest absolute Gasteiger partial charge is 0.493 e. The molecule has 0 spiro atoms. The summed E-state index contributed by atoms with van der Waals surface area (Å²) in [6, 6.07) is 5.09. The maximum atomic E-state index is 13.5. The maximum Gasteiger partial charge on any atom is 0.453 e. The number of benzene rings is 1. The molecule has 1 unspecified atom stereocenters. The monoisotopic (exact) mass is 522 g/mol. The summed E-state index contributed by atoms with van der Waals surface area (Å²) in [5, 5.41) is 13.3. The van der Waals surface area contributed by atoms with Crippen LogP contribution in [0.4, 0.5) is 32.2 Å². The number of hydrogen-bond donors (Lipinski definition) is 2. The van der Waals surface area contributed by atoms with Crippen LogP contribution in [-0.2, 0) is 16.6 Å². The van der Waals surface area contributed by atoms with Crippen molar-refractivity contribution in [3.8, 4) is 17.4 Å². The molecule has 3 aromatic heterocycles. The number of halogens is 6. The molecule has 1 aliphatic rings. The van der Waals surface area contributed by atoms with Crippen LogP contribution in [0.2, 0.25) is 0 Å². The molecule has 4 heterocycles. The van der Waals surface area contributed by atoms with Crippen LogP contribution in [0.1, 0.15) is 30.2 Å². The summed E-state index contributed by atoms with van der Waals surface area (Å²) in [4.78, 5) is 29.3. The highest BCUT2D eigenvalue weighted by Crippen LogP contribution is 2.46. The van der Waals surface area contributed by atoms with E-state index in [2.05, 4.69) is 25.3 Å². The van der Waals surface area contributed by atoms with Gasteiger partial charge in [0, 0.05) is 25.0 Å². The second kappa shape index (κ2) is 8.15. The third-order valence-electron chi connectivity index (χ3n) is 6.26. The minimum Gasteiger partial charge on any atom is -0.493 e. The predicted molar refractivity (Wildman–Crippen MR) is 116 cm³/mol. The number of hydrogen-bond acceptors (Lipinski definition) is 6. The van der Waals surface area contributed by atoms with Crippen molar-refractivity contribution in [3.63, 3.8) is 0 Å². The zero-order valence-corrected chi connectivity index (χ0v) is 18.8. The third kappa shape index (κ3) is 3.92. The van der Waals surface area contributed by atoms with Crippen molar-refractivity contribution in [1.29, 1.82) is 0 Å². The summed E-state index contributed by atoms with van der Waals surface area (Å²) in [5.74, 6) is -6.90. The van der Waals surface area contributed by atoms with Gasteiger partial charge < -0.3 is 14.8 Å². The van der Waals surface area contributed by atoms with Gasteiger partial charge in [0.05, 0.1) is 11.3 Å². The molecular formula is C23H16F6N6O2. The molecule has 8 nitrogen and oxygen atoms in total. The van der Waals surface area contributed by atoms with Gasteiger partial charge in [0.1, 0.15) is 22.7 Å². The number of imidazole rings is 1. The first kappa shape index (κ1) is 24.5. The van der Waals surface area contributed by atoms with E-state index in [4.69, 9.17) is 0 Å². The van der Waals surface area contributed by atoms with E-state index >= 15 is 0 Å². The third-order valence-corrected chi connectivity index (χ3v) is 6.26. The zero-order valence-electron chi connectivity index (χ0n) is 18.8. The van der Waals surface area contributed by atoms with Gasteiger partial charge in [-0.25, -0.2) is 19.3 Å². The van der Waals surface area contributed by atoms with Gasteiger partial charge in [0.2, 0.25) is 11.8 Å². The summed E-state index contributed by atoms with van der Waals surface area (Å²) < 4.78 is 79.8. The van der Waals surface area contributed by atoms with Gasteiger partial charge in [-0.05, 0) is 31.0 Å². The molecule has 192 valence electrons. The fraction of sp³-hybridized carbons (Fsp3) is 0.261. The van der Waals surface area contributed by atoms with E-state index in [1.165, 1.54) is 42.0 Å². The van der Waals surface area contributed by atoms with Crippen molar-refractivity contribution in [2.75, 3.05) is 5.32 Å². The summed E-state index contributed by atoms with van der Waals surface area (Å²) in [7, 11) is 0. The highest BCUT2D eigenvalue weighted by molar-refractivity contribution is 6.08. The van der Waals surface area contributed by atoms with Crippen LogP contribution < -0.4 is 5.32 Å². The number of fused-ring (bicyclic) bond motifs is 2. The molecule has 1 aromatic carbocycles. The molecule has 4 aromatic rings. The van der Waals surface area contributed by atoms with Crippen molar-refractivity contribution in [2.45, 2.75) is 37.3 Å².